The van der Waals surface area contributed by atoms with Crippen LogP contribution in [0.4, 0.5) is 9.59 Å². The fraction of sp³-hybridized carbons (Fsp3) is 0.474. The molecule has 3 heterocycles. The van der Waals surface area contributed by atoms with E-state index in [1.54, 1.807) is 6.20 Å². The van der Waals surface area contributed by atoms with Crippen molar-refractivity contribution in [2.24, 2.45) is 11.3 Å². The van der Waals surface area contributed by atoms with Crippen LogP contribution in [0.3, 0.4) is 0 Å². The van der Waals surface area contributed by atoms with Crippen LogP contribution in [0.1, 0.15) is 44.7 Å². The van der Waals surface area contributed by atoms with Gasteiger partial charge in [-0.2, -0.15) is 0 Å². The summed E-state index contributed by atoms with van der Waals surface area (Å²) in [6, 6.07) is 20.8. The standard InChI is InChI=1S/C38H48N4O8/c1-38(2,3)33(42-36(45)47-4)34(44)40-27(20-25-13-15-26(16-14-25)29-12-8-9-18-39-29)22-31(43)30(21-24-10-6-5-7-11-24)41-37(46)50-32-23-49-35-28(32)17-19-48-35/h5-16,18,27-28,30-33,35,43H,17,19-23H2,1-4H3,(H,40,44)(H,41,46)(H,42,45)/t27-,28+,30+,31-,32+,33-,35-/m1/s1. The van der Waals surface area contributed by atoms with Crippen molar-refractivity contribution in [3.05, 3.63) is 90.1 Å². The minimum Gasteiger partial charge on any atom is -0.453 e. The van der Waals surface area contributed by atoms with Crippen LogP contribution in [0.2, 0.25) is 0 Å². The predicted octanol–water partition coefficient (Wildman–Crippen LogP) is 4.40. The second kappa shape index (κ2) is 16.9. The lowest BCUT2D eigenvalue weighted by Crippen LogP contribution is -2.56. The Morgan fingerprint density at radius 2 is 1.62 bits per heavy atom. The quantitative estimate of drug-likeness (QED) is 0.204. The second-order valence-corrected chi connectivity index (χ2v) is 14.0. The number of pyridine rings is 1. The molecule has 3 amide bonds. The van der Waals surface area contributed by atoms with E-state index >= 15 is 0 Å². The van der Waals surface area contributed by atoms with E-state index in [1.807, 2.05) is 93.6 Å². The summed E-state index contributed by atoms with van der Waals surface area (Å²) in [6.45, 7) is 6.32. The molecule has 2 fully saturated rings. The van der Waals surface area contributed by atoms with Gasteiger partial charge in [-0.1, -0.05) is 81.4 Å². The third-order valence-electron chi connectivity index (χ3n) is 9.15. The molecule has 2 aromatic carbocycles. The number of carbonyl (C=O) groups is 3. The number of nitrogens with zero attached hydrogens (tertiary/aromatic N) is 1. The molecule has 0 aliphatic carbocycles. The molecule has 50 heavy (non-hydrogen) atoms. The first-order valence-electron chi connectivity index (χ1n) is 17.1. The molecule has 1 aromatic heterocycles. The number of fused-ring (bicyclic) bond motifs is 1. The fourth-order valence-corrected chi connectivity index (χ4v) is 6.44. The lowest BCUT2D eigenvalue weighted by molar-refractivity contribution is -0.126. The fourth-order valence-electron chi connectivity index (χ4n) is 6.44. The first-order chi connectivity index (χ1) is 24.0. The van der Waals surface area contributed by atoms with Crippen LogP contribution in [-0.2, 0) is 36.6 Å². The van der Waals surface area contributed by atoms with Gasteiger partial charge in [0.25, 0.3) is 0 Å². The van der Waals surface area contributed by atoms with E-state index in [1.165, 1.54) is 7.11 Å². The van der Waals surface area contributed by atoms with Crippen LogP contribution < -0.4 is 16.0 Å². The number of hydrogen-bond acceptors (Lipinski definition) is 9. The van der Waals surface area contributed by atoms with Gasteiger partial charge in [-0.15, -0.1) is 0 Å². The Kier molecular flexibility index (Phi) is 12.4. The van der Waals surface area contributed by atoms with Crippen LogP contribution in [-0.4, -0.2) is 85.1 Å². The Labute approximate surface area is 293 Å². The van der Waals surface area contributed by atoms with E-state index in [0.717, 1.165) is 28.8 Å². The Morgan fingerprint density at radius 1 is 0.900 bits per heavy atom. The summed E-state index contributed by atoms with van der Waals surface area (Å²) in [5, 5.41) is 20.4. The number of aromatic nitrogens is 1. The molecule has 12 heteroatoms. The predicted molar refractivity (Wildman–Crippen MR) is 186 cm³/mol. The summed E-state index contributed by atoms with van der Waals surface area (Å²) in [5.41, 5.74) is 2.95. The highest BCUT2D eigenvalue weighted by Gasteiger charge is 2.44. The number of aliphatic hydroxyl groups excluding tert-OH is 1. The lowest BCUT2D eigenvalue weighted by Gasteiger charge is -2.33. The average Bonchev–Trinajstić information content (AvgIpc) is 3.72. The summed E-state index contributed by atoms with van der Waals surface area (Å²) >= 11 is 0. The van der Waals surface area contributed by atoms with E-state index in [-0.39, 0.29) is 25.2 Å². The van der Waals surface area contributed by atoms with Gasteiger partial charge in [0.2, 0.25) is 5.91 Å². The smallest absolute Gasteiger partial charge is 0.407 e. The molecule has 2 aliphatic heterocycles. The van der Waals surface area contributed by atoms with Gasteiger partial charge in [0.05, 0.1) is 44.1 Å². The molecule has 5 rings (SSSR count). The van der Waals surface area contributed by atoms with Gasteiger partial charge in [-0.05, 0) is 54.4 Å². The monoisotopic (exact) mass is 688 g/mol. The summed E-state index contributed by atoms with van der Waals surface area (Å²) in [5.74, 6) is -0.456. The second-order valence-electron chi connectivity index (χ2n) is 14.0. The van der Waals surface area contributed by atoms with Crippen molar-refractivity contribution in [1.82, 2.24) is 20.9 Å². The number of nitrogens with one attached hydrogen (secondary N) is 3. The van der Waals surface area contributed by atoms with Crippen LogP contribution >= 0.6 is 0 Å². The highest BCUT2D eigenvalue weighted by atomic mass is 16.7. The minimum atomic E-state index is -1.09. The van der Waals surface area contributed by atoms with Gasteiger partial charge in [0.15, 0.2) is 6.29 Å². The number of methoxy groups -OCH3 is 1. The van der Waals surface area contributed by atoms with E-state index in [0.29, 0.717) is 19.4 Å². The molecule has 0 bridgehead atoms. The van der Waals surface area contributed by atoms with Crippen molar-refractivity contribution in [2.75, 3.05) is 20.3 Å². The van der Waals surface area contributed by atoms with Crippen molar-refractivity contribution in [3.63, 3.8) is 0 Å². The number of aliphatic hydroxyl groups is 1. The zero-order chi connectivity index (χ0) is 35.7. The molecule has 4 N–H and O–H groups in total. The van der Waals surface area contributed by atoms with Crippen LogP contribution in [0.25, 0.3) is 11.3 Å². The van der Waals surface area contributed by atoms with E-state index in [9.17, 15) is 19.5 Å². The largest absolute Gasteiger partial charge is 0.453 e. The summed E-state index contributed by atoms with van der Waals surface area (Å²) < 4.78 is 21.8. The van der Waals surface area contributed by atoms with Crippen molar-refractivity contribution in [3.8, 4) is 11.3 Å². The molecule has 2 aliphatic rings. The summed E-state index contributed by atoms with van der Waals surface area (Å²) in [4.78, 5) is 43.7. The molecule has 0 spiro atoms. The number of carbonyl (C=O) groups excluding carboxylic acids is 3. The Bertz CT molecular complexity index is 1550. The van der Waals surface area contributed by atoms with Crippen molar-refractivity contribution in [2.45, 2.75) is 83.1 Å². The van der Waals surface area contributed by atoms with Gasteiger partial charge < -0.3 is 40.0 Å². The molecule has 3 aromatic rings. The molecular formula is C38H48N4O8. The number of alkyl carbamates (subject to hydrolysis) is 2. The molecule has 268 valence electrons. The molecular weight excluding hydrogens is 640 g/mol. The first kappa shape index (κ1) is 36.8. The Balaban J connectivity index is 1.35. The number of hydrogen-bond donors (Lipinski definition) is 4. The lowest BCUT2D eigenvalue weighted by atomic mass is 9.85. The van der Waals surface area contributed by atoms with Gasteiger partial charge in [-0.3, -0.25) is 9.78 Å². The molecule has 2 saturated heterocycles. The third kappa shape index (κ3) is 10.0. The maximum Gasteiger partial charge on any atom is 0.407 e. The van der Waals surface area contributed by atoms with Gasteiger partial charge in [-0.25, -0.2) is 9.59 Å². The third-order valence-corrected chi connectivity index (χ3v) is 9.15. The van der Waals surface area contributed by atoms with E-state index < -0.39 is 53.8 Å². The minimum absolute atomic E-state index is 0.0312. The molecule has 0 radical (unpaired) electrons. The first-order valence-corrected chi connectivity index (χ1v) is 17.1. The number of amides is 3. The summed E-state index contributed by atoms with van der Waals surface area (Å²) in [7, 11) is 1.24. The average molecular weight is 689 g/mol. The SMILES string of the molecule is COC(=O)N[C@H](C(=O)N[C@H](Cc1ccc(-c2ccccn2)cc1)C[C@@H](O)[C@H](Cc1ccccc1)NC(=O)O[C@H]1CO[C@H]2OCC[C@H]21)C(C)(C)C. The molecule has 12 nitrogen and oxygen atoms in total. The maximum atomic E-state index is 13.8. The zero-order valence-corrected chi connectivity index (χ0v) is 29.0. The zero-order valence-electron chi connectivity index (χ0n) is 29.0. The van der Waals surface area contributed by atoms with Crippen LogP contribution in [0.15, 0.2) is 79.0 Å². The number of benzene rings is 2. The Hall–Kier alpha value is -4.52. The topological polar surface area (TPSA) is 157 Å². The normalized spacial score (nSPS) is 20.9. The molecule has 0 unspecified atom stereocenters. The highest BCUT2D eigenvalue weighted by molar-refractivity contribution is 5.86. The van der Waals surface area contributed by atoms with E-state index in [2.05, 4.69) is 20.9 Å². The molecule has 7 atom stereocenters. The van der Waals surface area contributed by atoms with Crippen LogP contribution in [0, 0.1) is 11.3 Å². The number of ether oxygens (including phenoxy) is 4. The van der Waals surface area contributed by atoms with Gasteiger partial charge in [0.1, 0.15) is 12.1 Å². The van der Waals surface area contributed by atoms with Crippen LogP contribution in [0.5, 0.6) is 0 Å². The van der Waals surface area contributed by atoms with Crippen molar-refractivity contribution in [1.29, 1.82) is 0 Å². The van der Waals surface area contributed by atoms with Crippen molar-refractivity contribution < 1.29 is 38.4 Å². The summed E-state index contributed by atoms with van der Waals surface area (Å²) in [6.07, 6.45) is -0.0446. The number of rotatable bonds is 13. The van der Waals surface area contributed by atoms with Gasteiger partial charge in [0, 0.05) is 17.8 Å². The van der Waals surface area contributed by atoms with Gasteiger partial charge >= 0.3 is 12.2 Å². The highest BCUT2D eigenvalue weighted by Crippen LogP contribution is 2.33. The van der Waals surface area contributed by atoms with E-state index in [4.69, 9.17) is 18.9 Å². The maximum absolute atomic E-state index is 13.8. The Morgan fingerprint density at radius 3 is 2.30 bits per heavy atom. The van der Waals surface area contributed by atoms with Crippen molar-refractivity contribution >= 4 is 18.1 Å². The molecule has 0 saturated carbocycles.